The minimum atomic E-state index is 0.314. The molecule has 1 aromatic carbocycles. The first-order valence-electron chi connectivity index (χ1n) is 6.53. The zero-order valence-corrected chi connectivity index (χ0v) is 11.4. The molecule has 2 N–H and O–H groups in total. The lowest BCUT2D eigenvalue weighted by Crippen LogP contribution is -2.49. The predicted octanol–water partition coefficient (Wildman–Crippen LogP) is 3.10. The second kappa shape index (κ2) is 4.69. The Hall–Kier alpha value is -1.02. The second-order valence-electron chi connectivity index (χ2n) is 5.97. The summed E-state index contributed by atoms with van der Waals surface area (Å²) in [4.78, 5) is 0. The molecule has 0 aliphatic carbocycles. The molecule has 1 aromatic rings. The maximum Gasteiger partial charge on any atom is 0.0374 e. The Bertz CT molecular complexity index is 396. The van der Waals surface area contributed by atoms with E-state index in [0.29, 0.717) is 11.5 Å². The van der Waals surface area contributed by atoms with Crippen LogP contribution < -0.4 is 10.6 Å². The Morgan fingerprint density at radius 2 is 2.06 bits per heavy atom. The second-order valence-corrected chi connectivity index (χ2v) is 5.97. The quantitative estimate of drug-likeness (QED) is 0.818. The highest BCUT2D eigenvalue weighted by Crippen LogP contribution is 2.29. The van der Waals surface area contributed by atoms with Crippen LogP contribution in [-0.4, -0.2) is 19.1 Å². The van der Waals surface area contributed by atoms with Gasteiger partial charge in [0.25, 0.3) is 0 Å². The van der Waals surface area contributed by atoms with Gasteiger partial charge in [-0.25, -0.2) is 0 Å². The summed E-state index contributed by atoms with van der Waals surface area (Å²) in [5.74, 6) is 0. The van der Waals surface area contributed by atoms with Crippen LogP contribution in [0.15, 0.2) is 18.2 Å². The van der Waals surface area contributed by atoms with Crippen molar-refractivity contribution in [1.29, 1.82) is 0 Å². The summed E-state index contributed by atoms with van der Waals surface area (Å²) >= 11 is 0. The number of benzene rings is 1. The lowest BCUT2D eigenvalue weighted by molar-refractivity contribution is 0.236. The van der Waals surface area contributed by atoms with Gasteiger partial charge in [-0.1, -0.05) is 26.0 Å². The van der Waals surface area contributed by atoms with Crippen LogP contribution in [0.5, 0.6) is 0 Å². The molecule has 1 saturated heterocycles. The van der Waals surface area contributed by atoms with Gasteiger partial charge in [-0.15, -0.1) is 0 Å². The van der Waals surface area contributed by atoms with E-state index >= 15 is 0 Å². The fraction of sp³-hybridized carbons (Fsp3) is 0.600. The molecule has 0 spiro atoms. The third kappa shape index (κ3) is 2.81. The Morgan fingerprint density at radius 3 is 2.76 bits per heavy atom. The van der Waals surface area contributed by atoms with E-state index in [1.807, 2.05) is 0 Å². The van der Waals surface area contributed by atoms with Crippen LogP contribution in [0, 0.1) is 19.3 Å². The normalized spacial score (nSPS) is 23.4. The van der Waals surface area contributed by atoms with Crippen LogP contribution in [-0.2, 0) is 0 Å². The molecule has 1 aliphatic rings. The highest BCUT2D eigenvalue weighted by Gasteiger charge is 2.32. The van der Waals surface area contributed by atoms with E-state index in [0.717, 1.165) is 13.1 Å². The van der Waals surface area contributed by atoms with Gasteiger partial charge in [0.15, 0.2) is 0 Å². The number of anilines is 1. The van der Waals surface area contributed by atoms with E-state index in [2.05, 4.69) is 56.5 Å². The summed E-state index contributed by atoms with van der Waals surface area (Å²) in [5.41, 5.74) is 4.27. The molecule has 0 amide bonds. The Labute approximate surface area is 105 Å². The van der Waals surface area contributed by atoms with Crippen molar-refractivity contribution in [2.75, 3.05) is 18.4 Å². The van der Waals surface area contributed by atoms with E-state index < -0.39 is 0 Å². The smallest absolute Gasteiger partial charge is 0.0374 e. The SMILES string of the molecule is Cc1ccc(C)c(NC2CCNCC2(C)C)c1. The van der Waals surface area contributed by atoms with Gasteiger partial charge in [0.1, 0.15) is 0 Å². The molecule has 17 heavy (non-hydrogen) atoms. The van der Waals surface area contributed by atoms with Crippen LogP contribution >= 0.6 is 0 Å². The molecule has 2 heteroatoms. The molecule has 0 aromatic heterocycles. The molecular weight excluding hydrogens is 208 g/mol. The van der Waals surface area contributed by atoms with Crippen molar-refractivity contribution in [3.8, 4) is 0 Å². The average Bonchev–Trinajstić information content (AvgIpc) is 2.26. The van der Waals surface area contributed by atoms with E-state index in [9.17, 15) is 0 Å². The molecule has 0 radical (unpaired) electrons. The first-order valence-corrected chi connectivity index (χ1v) is 6.53. The van der Waals surface area contributed by atoms with Crippen molar-refractivity contribution in [1.82, 2.24) is 5.32 Å². The van der Waals surface area contributed by atoms with E-state index in [1.54, 1.807) is 0 Å². The highest BCUT2D eigenvalue weighted by atomic mass is 15.0. The van der Waals surface area contributed by atoms with Gasteiger partial charge in [-0.05, 0) is 49.4 Å². The monoisotopic (exact) mass is 232 g/mol. The maximum absolute atomic E-state index is 3.74. The molecule has 1 aliphatic heterocycles. The van der Waals surface area contributed by atoms with Gasteiger partial charge in [0, 0.05) is 18.3 Å². The van der Waals surface area contributed by atoms with E-state index in [1.165, 1.54) is 23.2 Å². The maximum atomic E-state index is 3.74. The first kappa shape index (κ1) is 12.4. The summed E-state index contributed by atoms with van der Waals surface area (Å²) in [5, 5.41) is 7.22. The number of rotatable bonds is 2. The summed E-state index contributed by atoms with van der Waals surface area (Å²) in [6.07, 6.45) is 1.19. The molecule has 0 saturated carbocycles. The molecule has 0 bridgehead atoms. The standard InChI is InChI=1S/C15H24N2/c1-11-5-6-12(2)13(9-11)17-14-7-8-16-10-15(14,3)4/h5-6,9,14,16-17H,7-8,10H2,1-4H3. The molecule has 1 fully saturated rings. The van der Waals surface area contributed by atoms with Crippen LogP contribution in [0.2, 0.25) is 0 Å². The molecule has 2 nitrogen and oxygen atoms in total. The number of piperidine rings is 1. The summed E-state index contributed by atoms with van der Waals surface area (Å²) < 4.78 is 0. The van der Waals surface area contributed by atoms with E-state index in [4.69, 9.17) is 0 Å². The van der Waals surface area contributed by atoms with Crippen LogP contribution in [0.3, 0.4) is 0 Å². The topological polar surface area (TPSA) is 24.1 Å². The van der Waals surface area contributed by atoms with Crippen molar-refractivity contribution in [2.45, 2.75) is 40.2 Å². The molecule has 2 rings (SSSR count). The first-order chi connectivity index (χ1) is 7.99. The average molecular weight is 232 g/mol. The Balaban J connectivity index is 2.16. The van der Waals surface area contributed by atoms with Crippen LogP contribution in [0.1, 0.15) is 31.4 Å². The van der Waals surface area contributed by atoms with Crippen molar-refractivity contribution in [3.63, 3.8) is 0 Å². The fourth-order valence-electron chi connectivity index (χ4n) is 2.52. The number of hydrogen-bond donors (Lipinski definition) is 2. The summed E-state index contributed by atoms with van der Waals surface area (Å²) in [6, 6.07) is 7.19. The molecule has 1 heterocycles. The van der Waals surface area contributed by atoms with Gasteiger partial charge in [0.2, 0.25) is 0 Å². The van der Waals surface area contributed by atoms with Crippen molar-refractivity contribution in [3.05, 3.63) is 29.3 Å². The van der Waals surface area contributed by atoms with Crippen molar-refractivity contribution < 1.29 is 0 Å². The number of hydrogen-bond acceptors (Lipinski definition) is 2. The highest BCUT2D eigenvalue weighted by molar-refractivity contribution is 5.53. The molecule has 1 unspecified atom stereocenters. The lowest BCUT2D eigenvalue weighted by atomic mass is 9.80. The van der Waals surface area contributed by atoms with Crippen LogP contribution in [0.25, 0.3) is 0 Å². The minimum Gasteiger partial charge on any atom is -0.381 e. The van der Waals surface area contributed by atoms with Gasteiger partial charge in [0.05, 0.1) is 0 Å². The van der Waals surface area contributed by atoms with Gasteiger partial charge < -0.3 is 10.6 Å². The zero-order valence-electron chi connectivity index (χ0n) is 11.4. The Kier molecular flexibility index (Phi) is 3.43. The zero-order chi connectivity index (χ0) is 12.5. The Morgan fingerprint density at radius 1 is 1.29 bits per heavy atom. The summed E-state index contributed by atoms with van der Waals surface area (Å²) in [7, 11) is 0. The largest absolute Gasteiger partial charge is 0.381 e. The number of nitrogens with one attached hydrogen (secondary N) is 2. The van der Waals surface area contributed by atoms with Crippen molar-refractivity contribution in [2.24, 2.45) is 5.41 Å². The summed E-state index contributed by atoms with van der Waals surface area (Å²) in [6.45, 7) is 11.2. The fourth-order valence-corrected chi connectivity index (χ4v) is 2.52. The van der Waals surface area contributed by atoms with Gasteiger partial charge >= 0.3 is 0 Å². The molecular formula is C15H24N2. The molecule has 1 atom stereocenters. The predicted molar refractivity (Wildman–Crippen MR) is 74.6 cm³/mol. The third-order valence-corrected chi connectivity index (χ3v) is 3.86. The van der Waals surface area contributed by atoms with Crippen LogP contribution in [0.4, 0.5) is 5.69 Å². The minimum absolute atomic E-state index is 0.314. The van der Waals surface area contributed by atoms with E-state index in [-0.39, 0.29) is 0 Å². The number of aryl methyl sites for hydroxylation is 2. The van der Waals surface area contributed by atoms with Gasteiger partial charge in [-0.2, -0.15) is 0 Å². The van der Waals surface area contributed by atoms with Crippen molar-refractivity contribution >= 4 is 5.69 Å². The van der Waals surface area contributed by atoms with Gasteiger partial charge in [-0.3, -0.25) is 0 Å². The molecule has 94 valence electrons. The lowest BCUT2D eigenvalue weighted by Gasteiger charge is -2.40. The third-order valence-electron chi connectivity index (χ3n) is 3.86.